The van der Waals surface area contributed by atoms with Crippen molar-refractivity contribution in [3.05, 3.63) is 332 Å². The molecule has 0 radical (unpaired) electrons. The molecule has 3 aliphatic rings. The zero-order valence-corrected chi connectivity index (χ0v) is 56.6. The van der Waals surface area contributed by atoms with Gasteiger partial charge in [0.15, 0.2) is 23.0 Å². The highest BCUT2D eigenvalue weighted by Crippen LogP contribution is 2.58. The zero-order chi connectivity index (χ0) is 67.8. The maximum atomic E-state index is 7.20. The molecule has 478 valence electrons. The van der Waals surface area contributed by atoms with Crippen LogP contribution < -0.4 is 18.9 Å². The van der Waals surface area contributed by atoms with Crippen LogP contribution in [0.25, 0.3) is 43.1 Å². The molecular weight excluding hydrogens is 1210 g/mol. The van der Waals surface area contributed by atoms with Crippen LogP contribution in [-0.4, -0.2) is 54.9 Å². The van der Waals surface area contributed by atoms with E-state index in [9.17, 15) is 0 Å². The highest BCUT2D eigenvalue weighted by molar-refractivity contribution is 5.99. The summed E-state index contributed by atoms with van der Waals surface area (Å²) in [6.07, 6.45) is 0. The quantitative estimate of drug-likeness (QED) is 0.0991. The Morgan fingerprint density at radius 1 is 0.306 bits per heavy atom. The molecule has 1 aliphatic carbocycles. The van der Waals surface area contributed by atoms with Crippen molar-refractivity contribution < 1.29 is 37.9 Å². The summed E-state index contributed by atoms with van der Waals surface area (Å²) in [5, 5.41) is 4.94. The van der Waals surface area contributed by atoms with Gasteiger partial charge in [-0.25, -0.2) is 0 Å². The summed E-state index contributed by atoms with van der Waals surface area (Å²) < 4.78 is 52.4. The van der Waals surface area contributed by atoms with Crippen molar-refractivity contribution in [3.8, 4) is 46.7 Å². The Labute approximate surface area is 575 Å². The fourth-order valence-electron chi connectivity index (χ4n) is 13.7. The molecule has 0 saturated carbocycles. The fraction of sp³-hybridized carbons (Fsp3) is 0.200. The van der Waals surface area contributed by atoms with E-state index in [0.717, 1.165) is 77.5 Å². The van der Waals surface area contributed by atoms with E-state index >= 15 is 0 Å². The molecule has 0 N–H and O–H groups in total. The summed E-state index contributed by atoms with van der Waals surface area (Å²) in [6, 6.07) is 95.0. The molecule has 11 aromatic rings. The summed E-state index contributed by atoms with van der Waals surface area (Å²) in [7, 11) is 6.39. The molecule has 4 bridgehead atoms. The third kappa shape index (κ3) is 11.3. The van der Waals surface area contributed by atoms with E-state index in [0.29, 0.717) is 77.6 Å². The first-order valence-corrected chi connectivity index (χ1v) is 32.7. The zero-order valence-electron chi connectivity index (χ0n) is 56.6. The number of methoxy groups -OCH3 is 4. The average Bonchev–Trinajstić information content (AvgIpc) is 0.679. The third-order valence-corrected chi connectivity index (χ3v) is 19.0. The van der Waals surface area contributed by atoms with E-state index in [1.54, 1.807) is 28.4 Å². The smallest absolute Gasteiger partial charge is 0.256 e. The van der Waals surface area contributed by atoms with Gasteiger partial charge in [-0.15, -0.1) is 0 Å². The Hall–Kier alpha value is -11.4. The van der Waals surface area contributed by atoms with E-state index in [2.05, 4.69) is 284 Å². The molecule has 2 saturated heterocycles. The van der Waals surface area contributed by atoms with E-state index in [1.165, 1.54) is 0 Å². The van der Waals surface area contributed by atoms with Crippen LogP contribution >= 0.6 is 0 Å². The topological polar surface area (TPSA) is 73.8 Å². The summed E-state index contributed by atoms with van der Waals surface area (Å²) in [5.41, 5.74) is 13.3. The molecule has 2 heterocycles. The molecule has 11 aromatic carbocycles. The van der Waals surface area contributed by atoms with Crippen molar-refractivity contribution in [2.24, 2.45) is 0 Å². The second-order valence-electron chi connectivity index (χ2n) is 25.2. The maximum absolute atomic E-state index is 7.20. The monoisotopic (exact) mass is 1280 g/mol. The molecule has 2 fully saturated rings. The van der Waals surface area contributed by atoms with E-state index in [-0.39, 0.29) is 26.4 Å². The van der Waals surface area contributed by atoms with Crippen LogP contribution in [-0.2, 0) is 41.4 Å². The van der Waals surface area contributed by atoms with Crippen molar-refractivity contribution >= 4 is 43.1 Å². The van der Waals surface area contributed by atoms with Crippen molar-refractivity contribution in [2.45, 2.75) is 63.9 Å². The highest BCUT2D eigenvalue weighted by atomic mass is 16.8. The predicted octanol–water partition coefficient (Wildman–Crippen LogP) is 17.6. The second-order valence-corrected chi connectivity index (χ2v) is 25.2. The van der Waals surface area contributed by atoms with Gasteiger partial charge in [0.25, 0.3) is 11.6 Å². The normalized spacial score (nSPS) is 15.7. The number of aryl methyl sites for hydroxylation is 6. The van der Waals surface area contributed by atoms with Crippen LogP contribution in [0.4, 0.5) is 0 Å². The SMILES string of the molecule is COc1cc2c#cc#cc3cc(OC)c(OC)cc3c#cc3cc4c(cc3C#CC(c3ccc(C)cc3)(c3ccc(C)cc3)c3ccc(C)cc3)C35OCCOC3(OCCO5)c3cc(C#CC(c5ccc(C)cc5)(c5ccc(C)cc5)c5ccc(C)cc5)c(c#cc2cc1OC)cc34. The van der Waals surface area contributed by atoms with Crippen molar-refractivity contribution in [2.75, 3.05) is 54.9 Å². The lowest BCUT2D eigenvalue weighted by molar-refractivity contribution is -0.482. The number of ether oxygens (including phenoxy) is 8. The highest BCUT2D eigenvalue weighted by Gasteiger charge is 2.66. The van der Waals surface area contributed by atoms with Crippen LogP contribution in [0.1, 0.15) is 89.0 Å². The predicted molar refractivity (Wildman–Crippen MR) is 385 cm³/mol. The molecule has 14 rings (SSSR count). The van der Waals surface area contributed by atoms with Gasteiger partial charge in [-0.1, -0.05) is 239 Å². The Kier molecular flexibility index (Phi) is 17.2. The largest absolute Gasteiger partial charge is 0.493 e. The number of benzene rings is 10. The van der Waals surface area contributed by atoms with Gasteiger partial charge in [-0.3, -0.25) is 0 Å². The molecular formula is C90H70O8. The third-order valence-electron chi connectivity index (χ3n) is 19.0. The Bertz CT molecular complexity index is 4640. The minimum Gasteiger partial charge on any atom is -0.493 e. The lowest BCUT2D eigenvalue weighted by atomic mass is 9.69. The molecule has 0 unspecified atom stereocenters. The minimum absolute atomic E-state index is 0.196. The van der Waals surface area contributed by atoms with Gasteiger partial charge in [0.05, 0.1) is 54.9 Å². The van der Waals surface area contributed by atoms with Crippen molar-refractivity contribution in [1.29, 1.82) is 0 Å². The van der Waals surface area contributed by atoms with Crippen molar-refractivity contribution in [3.63, 3.8) is 0 Å². The van der Waals surface area contributed by atoms with Gasteiger partial charge in [0.2, 0.25) is 0 Å². The van der Waals surface area contributed by atoms with Gasteiger partial charge >= 0.3 is 0 Å². The summed E-state index contributed by atoms with van der Waals surface area (Å²) in [6.45, 7) is 13.4. The summed E-state index contributed by atoms with van der Waals surface area (Å²) in [4.78, 5) is 0. The molecule has 8 heteroatoms. The van der Waals surface area contributed by atoms with Gasteiger partial charge in [-0.05, 0) is 122 Å². The number of hydrogen-bond donors (Lipinski definition) is 0. The number of fused-ring (bicyclic) bond motifs is 4. The second kappa shape index (κ2) is 26.3. The Morgan fingerprint density at radius 2 is 0.541 bits per heavy atom. The molecule has 0 atom stereocenters. The maximum Gasteiger partial charge on any atom is 0.256 e. The van der Waals surface area contributed by atoms with E-state index in [1.807, 2.05) is 24.3 Å². The Morgan fingerprint density at radius 3 is 0.786 bits per heavy atom. The first kappa shape index (κ1) is 64.0. The van der Waals surface area contributed by atoms with Gasteiger partial charge in [0, 0.05) is 78.8 Å². The summed E-state index contributed by atoms with van der Waals surface area (Å²) in [5.74, 6) is 14.2. The van der Waals surface area contributed by atoms with Crippen LogP contribution in [0.2, 0.25) is 0 Å². The van der Waals surface area contributed by atoms with Crippen LogP contribution in [0, 0.1) is 114 Å². The standard InChI is InChI=1S/C90H70O8/c1-59-15-31-73(32-16-59)87(74-33-17-60(2)18-34-74,75-35-19-61(3)20-36-75)45-43-71-53-81-79-51-67(71)27-29-69-57-85(93-9)83(91-7)55-65(69)13-11-12-14-66-56-84(92-8)86(94-10)58-70(66)30-28-68-52-80(79)82(90-89(81,95-47-49-97-90)96-48-50-98-90)54-72(68)44-46-88(76-37-21-62(4)22-38-76,77-39-23-63(5)24-40-77)78-41-25-64(6)26-42-78/h15-26,31-42,51-58H,47-50H2,1-10H3. The van der Waals surface area contributed by atoms with Crippen LogP contribution in [0.5, 0.6) is 23.0 Å². The first-order chi connectivity index (χ1) is 47.7. The fourth-order valence-corrected chi connectivity index (χ4v) is 13.7. The lowest BCUT2D eigenvalue weighted by Crippen LogP contribution is -2.63. The molecule has 8 nitrogen and oxygen atoms in total. The average molecular weight is 1280 g/mol. The van der Waals surface area contributed by atoms with Gasteiger partial charge in [-0.2, -0.15) is 0 Å². The number of hydrogen-bond acceptors (Lipinski definition) is 8. The molecule has 0 aromatic heterocycles. The van der Waals surface area contributed by atoms with Crippen LogP contribution in [0.3, 0.4) is 0 Å². The summed E-state index contributed by atoms with van der Waals surface area (Å²) >= 11 is 0. The minimum atomic E-state index is -1.67. The van der Waals surface area contributed by atoms with E-state index < -0.39 is 22.4 Å². The molecule has 98 heavy (non-hydrogen) atoms. The van der Waals surface area contributed by atoms with E-state index in [4.69, 9.17) is 37.9 Å². The van der Waals surface area contributed by atoms with Crippen molar-refractivity contribution in [1.82, 2.24) is 0 Å². The molecule has 0 amide bonds. The van der Waals surface area contributed by atoms with Gasteiger partial charge < -0.3 is 37.9 Å². The number of rotatable bonds is 10. The Balaban J connectivity index is 1.17. The molecule has 0 spiro atoms. The van der Waals surface area contributed by atoms with Gasteiger partial charge in [0.1, 0.15) is 10.8 Å². The van der Waals surface area contributed by atoms with Crippen LogP contribution in [0.15, 0.2) is 194 Å². The molecule has 2 aliphatic heterocycles. The lowest BCUT2D eigenvalue weighted by Gasteiger charge is -2.55. The first-order valence-electron chi connectivity index (χ1n) is 32.7.